The molecule has 0 unspecified atom stereocenters. The summed E-state index contributed by atoms with van der Waals surface area (Å²) in [7, 11) is 0. The largest absolute Gasteiger partial charge is 0.490 e. The van der Waals surface area contributed by atoms with E-state index in [1.807, 2.05) is 30.3 Å². The van der Waals surface area contributed by atoms with Crippen LogP contribution < -0.4 is 4.74 Å². The number of nitriles is 1. The number of ether oxygens (including phenoxy) is 2. The highest BCUT2D eigenvalue weighted by Crippen LogP contribution is 2.13. The van der Waals surface area contributed by atoms with E-state index < -0.39 is 5.97 Å². The number of hydrogen-bond acceptors (Lipinski definition) is 4. The van der Waals surface area contributed by atoms with Crippen LogP contribution in [0.5, 0.6) is 5.75 Å². The lowest BCUT2D eigenvalue weighted by molar-refractivity contribution is 0.0450. The molecule has 0 aromatic heterocycles. The summed E-state index contributed by atoms with van der Waals surface area (Å²) in [5, 5.41) is 8.80. The Morgan fingerprint density at radius 2 is 1.95 bits per heavy atom. The van der Waals surface area contributed by atoms with Crippen molar-refractivity contribution in [3.8, 4) is 11.8 Å². The van der Waals surface area contributed by atoms with Gasteiger partial charge in [0.25, 0.3) is 0 Å². The molecule has 0 amide bonds. The molecule has 0 saturated heterocycles. The van der Waals surface area contributed by atoms with Crippen LogP contribution in [0.3, 0.4) is 0 Å². The average Bonchev–Trinajstić information content (AvgIpc) is 2.58. The Hall–Kier alpha value is -2.80. The lowest BCUT2D eigenvalue weighted by Gasteiger charge is -2.08. The van der Waals surface area contributed by atoms with Crippen LogP contribution in [-0.4, -0.2) is 19.2 Å². The summed E-state index contributed by atoms with van der Waals surface area (Å²) in [6.45, 7) is 2.53. The molecule has 0 bridgehead atoms. The second kappa shape index (κ2) is 7.84. The SMILES string of the molecule is CCc1cccc(OCCOC(=O)c2cccc(C#N)c2)c1. The normalized spacial score (nSPS) is 9.82. The van der Waals surface area contributed by atoms with Gasteiger partial charge >= 0.3 is 5.97 Å². The molecule has 112 valence electrons. The zero-order valence-corrected chi connectivity index (χ0v) is 12.4. The van der Waals surface area contributed by atoms with Gasteiger partial charge in [-0.1, -0.05) is 25.1 Å². The Bertz CT molecular complexity index is 689. The minimum absolute atomic E-state index is 0.159. The molecule has 2 aromatic carbocycles. The van der Waals surface area contributed by atoms with Crippen LogP contribution in [0.1, 0.15) is 28.4 Å². The van der Waals surface area contributed by atoms with Gasteiger partial charge in [0, 0.05) is 0 Å². The van der Waals surface area contributed by atoms with E-state index >= 15 is 0 Å². The van der Waals surface area contributed by atoms with E-state index in [1.54, 1.807) is 18.2 Å². The molecule has 4 nitrogen and oxygen atoms in total. The lowest BCUT2D eigenvalue weighted by atomic mass is 10.1. The first kappa shape index (κ1) is 15.6. The molecule has 0 radical (unpaired) electrons. The predicted octanol–water partition coefficient (Wildman–Crippen LogP) is 3.36. The highest BCUT2D eigenvalue weighted by Gasteiger charge is 2.07. The first-order chi connectivity index (χ1) is 10.7. The van der Waals surface area contributed by atoms with E-state index in [-0.39, 0.29) is 13.2 Å². The van der Waals surface area contributed by atoms with Gasteiger partial charge in [0.05, 0.1) is 17.2 Å². The molecule has 0 aliphatic heterocycles. The van der Waals surface area contributed by atoms with Gasteiger partial charge < -0.3 is 9.47 Å². The molecule has 2 rings (SSSR count). The third-order valence-electron chi connectivity index (χ3n) is 3.12. The highest BCUT2D eigenvalue weighted by molar-refractivity contribution is 5.89. The third kappa shape index (κ3) is 4.35. The molecule has 0 atom stereocenters. The predicted molar refractivity (Wildman–Crippen MR) is 82.8 cm³/mol. The van der Waals surface area contributed by atoms with Gasteiger partial charge in [-0.05, 0) is 42.3 Å². The summed E-state index contributed by atoms with van der Waals surface area (Å²) in [5.41, 5.74) is 2.00. The standard InChI is InChI=1S/C18H17NO3/c1-2-14-5-4-8-17(12-14)21-9-10-22-18(20)16-7-3-6-15(11-16)13-19/h3-8,11-12H,2,9-10H2,1H3. The Kier molecular flexibility index (Phi) is 5.56. The highest BCUT2D eigenvalue weighted by atomic mass is 16.6. The van der Waals surface area contributed by atoms with Gasteiger partial charge in [0.1, 0.15) is 19.0 Å². The fourth-order valence-corrected chi connectivity index (χ4v) is 1.95. The maximum Gasteiger partial charge on any atom is 0.338 e. The molecular weight excluding hydrogens is 278 g/mol. The van der Waals surface area contributed by atoms with Crippen molar-refractivity contribution < 1.29 is 14.3 Å². The Morgan fingerprint density at radius 3 is 2.73 bits per heavy atom. The van der Waals surface area contributed by atoms with Crippen molar-refractivity contribution in [2.24, 2.45) is 0 Å². The van der Waals surface area contributed by atoms with Gasteiger partial charge in [-0.15, -0.1) is 0 Å². The van der Waals surface area contributed by atoms with Gasteiger partial charge in [-0.2, -0.15) is 5.26 Å². The summed E-state index contributed by atoms with van der Waals surface area (Å²) in [6, 6.07) is 16.2. The molecule has 0 spiro atoms. The fourth-order valence-electron chi connectivity index (χ4n) is 1.95. The number of hydrogen-bond donors (Lipinski definition) is 0. The summed E-state index contributed by atoms with van der Waals surface area (Å²) in [5.74, 6) is 0.310. The second-order valence-electron chi connectivity index (χ2n) is 4.68. The van der Waals surface area contributed by atoms with Crippen molar-refractivity contribution in [1.29, 1.82) is 5.26 Å². The van der Waals surface area contributed by atoms with Crippen LogP contribution in [0.15, 0.2) is 48.5 Å². The van der Waals surface area contributed by atoms with E-state index in [2.05, 4.69) is 6.92 Å². The van der Waals surface area contributed by atoms with Crippen molar-refractivity contribution in [1.82, 2.24) is 0 Å². The number of carbonyl (C=O) groups is 1. The van der Waals surface area contributed by atoms with Crippen molar-refractivity contribution in [2.45, 2.75) is 13.3 Å². The molecular formula is C18H17NO3. The van der Waals surface area contributed by atoms with Gasteiger partial charge in [-0.25, -0.2) is 4.79 Å². The average molecular weight is 295 g/mol. The van der Waals surface area contributed by atoms with Crippen molar-refractivity contribution in [3.05, 3.63) is 65.2 Å². The van der Waals surface area contributed by atoms with E-state index in [1.165, 1.54) is 11.6 Å². The molecule has 22 heavy (non-hydrogen) atoms. The monoisotopic (exact) mass is 295 g/mol. The van der Waals surface area contributed by atoms with Crippen molar-refractivity contribution in [2.75, 3.05) is 13.2 Å². The Balaban J connectivity index is 1.80. The Morgan fingerprint density at radius 1 is 1.14 bits per heavy atom. The van der Waals surface area contributed by atoms with Crippen LogP contribution in [0.2, 0.25) is 0 Å². The van der Waals surface area contributed by atoms with E-state index in [4.69, 9.17) is 14.7 Å². The molecule has 0 N–H and O–H groups in total. The number of carbonyl (C=O) groups excluding carboxylic acids is 1. The number of rotatable bonds is 6. The zero-order valence-electron chi connectivity index (χ0n) is 12.4. The van der Waals surface area contributed by atoms with Crippen molar-refractivity contribution in [3.63, 3.8) is 0 Å². The van der Waals surface area contributed by atoms with Crippen LogP contribution in [-0.2, 0) is 11.2 Å². The summed E-state index contributed by atoms with van der Waals surface area (Å²) < 4.78 is 10.7. The first-order valence-electron chi connectivity index (χ1n) is 7.12. The van der Waals surface area contributed by atoms with Gasteiger partial charge in [0.2, 0.25) is 0 Å². The first-order valence-corrected chi connectivity index (χ1v) is 7.12. The molecule has 0 aliphatic carbocycles. The van der Waals surface area contributed by atoms with E-state index in [0.717, 1.165) is 12.2 Å². The van der Waals surface area contributed by atoms with Gasteiger partial charge in [-0.3, -0.25) is 0 Å². The zero-order chi connectivity index (χ0) is 15.8. The molecule has 0 saturated carbocycles. The maximum absolute atomic E-state index is 11.8. The number of esters is 1. The molecule has 4 heteroatoms. The summed E-state index contributed by atoms with van der Waals surface area (Å²) in [6.07, 6.45) is 0.946. The van der Waals surface area contributed by atoms with Crippen LogP contribution in [0.25, 0.3) is 0 Å². The van der Waals surface area contributed by atoms with E-state index in [0.29, 0.717) is 11.1 Å². The van der Waals surface area contributed by atoms with Crippen LogP contribution in [0, 0.1) is 11.3 Å². The van der Waals surface area contributed by atoms with Crippen LogP contribution in [0.4, 0.5) is 0 Å². The Labute approximate surface area is 129 Å². The minimum Gasteiger partial charge on any atom is -0.490 e. The van der Waals surface area contributed by atoms with E-state index in [9.17, 15) is 4.79 Å². The fraction of sp³-hybridized carbons (Fsp3) is 0.222. The number of nitrogens with zero attached hydrogens (tertiary/aromatic N) is 1. The smallest absolute Gasteiger partial charge is 0.338 e. The quantitative estimate of drug-likeness (QED) is 0.605. The minimum atomic E-state index is -0.456. The van der Waals surface area contributed by atoms with Gasteiger partial charge in [0.15, 0.2) is 0 Å². The molecule has 0 aliphatic rings. The number of benzene rings is 2. The topological polar surface area (TPSA) is 59.3 Å². The number of aryl methyl sites for hydroxylation is 1. The van der Waals surface area contributed by atoms with Crippen molar-refractivity contribution >= 4 is 5.97 Å². The summed E-state index contributed by atoms with van der Waals surface area (Å²) >= 11 is 0. The molecule has 0 fully saturated rings. The second-order valence-corrected chi connectivity index (χ2v) is 4.68. The lowest BCUT2D eigenvalue weighted by Crippen LogP contribution is -2.12. The third-order valence-corrected chi connectivity index (χ3v) is 3.12. The molecule has 2 aromatic rings. The summed E-state index contributed by atoms with van der Waals surface area (Å²) in [4.78, 5) is 11.8. The maximum atomic E-state index is 11.8. The molecule has 0 heterocycles. The van der Waals surface area contributed by atoms with Crippen LogP contribution >= 0.6 is 0 Å².